The molecule has 2 amide bonds. The summed E-state index contributed by atoms with van der Waals surface area (Å²) in [5, 5.41) is 0. The van der Waals surface area contributed by atoms with Gasteiger partial charge in [-0.3, -0.25) is 24.4 Å². The van der Waals surface area contributed by atoms with Gasteiger partial charge in [0, 0.05) is 52.5 Å². The molecule has 2 fully saturated rings. The number of piperazine rings is 1. The third-order valence-electron chi connectivity index (χ3n) is 6.81. The minimum Gasteiger partial charge on any atom is -0.348 e. The monoisotopic (exact) mass is 435 g/mol. The molecule has 0 radical (unpaired) electrons. The van der Waals surface area contributed by atoms with Crippen LogP contribution in [0.2, 0.25) is 0 Å². The molecule has 0 saturated carbocycles. The summed E-state index contributed by atoms with van der Waals surface area (Å²) in [5.41, 5.74) is 2.47. The van der Waals surface area contributed by atoms with Crippen LogP contribution in [-0.4, -0.2) is 83.9 Å². The number of carbonyl (C=O) groups is 2. The van der Waals surface area contributed by atoms with E-state index in [-0.39, 0.29) is 11.8 Å². The van der Waals surface area contributed by atoms with Crippen molar-refractivity contribution in [2.24, 2.45) is 0 Å². The fourth-order valence-corrected chi connectivity index (χ4v) is 4.77. The summed E-state index contributed by atoms with van der Waals surface area (Å²) < 4.78 is 0. The number of aryl methyl sites for hydroxylation is 1. The van der Waals surface area contributed by atoms with E-state index in [1.807, 2.05) is 42.2 Å². The van der Waals surface area contributed by atoms with Crippen molar-refractivity contribution in [3.63, 3.8) is 0 Å². The Kier molecular flexibility index (Phi) is 6.58. The van der Waals surface area contributed by atoms with Crippen molar-refractivity contribution in [3.8, 4) is 0 Å². The minimum atomic E-state index is -0.559. The number of aromatic nitrogens is 1. The molecule has 0 atom stereocenters. The first-order valence-corrected chi connectivity index (χ1v) is 11.4. The van der Waals surface area contributed by atoms with Crippen molar-refractivity contribution < 1.29 is 9.59 Å². The lowest BCUT2D eigenvalue weighted by molar-refractivity contribution is -0.139. The summed E-state index contributed by atoms with van der Waals surface area (Å²) in [7, 11) is 3.57. The number of hydrogen-bond acceptors (Lipinski definition) is 5. The molecule has 0 unspecified atom stereocenters. The fraction of sp³-hybridized carbons (Fsp3) is 0.480. The van der Waals surface area contributed by atoms with E-state index in [2.05, 4.69) is 26.9 Å². The van der Waals surface area contributed by atoms with Crippen LogP contribution in [-0.2, 0) is 16.1 Å². The highest BCUT2D eigenvalue weighted by molar-refractivity contribution is 6.01. The molecule has 1 spiro atoms. The van der Waals surface area contributed by atoms with Gasteiger partial charge in [-0.15, -0.1) is 0 Å². The number of benzene rings is 1. The third-order valence-corrected chi connectivity index (χ3v) is 6.81. The number of hydrogen-bond donors (Lipinski definition) is 0. The molecular formula is C25H33N5O2. The minimum absolute atomic E-state index is 0.101. The van der Waals surface area contributed by atoms with Gasteiger partial charge in [-0.2, -0.15) is 0 Å². The normalized spacial score (nSPS) is 19.3. The van der Waals surface area contributed by atoms with Crippen LogP contribution in [0.5, 0.6) is 0 Å². The first kappa shape index (κ1) is 22.4. The van der Waals surface area contributed by atoms with E-state index in [0.29, 0.717) is 13.1 Å². The highest BCUT2D eigenvalue weighted by Gasteiger charge is 2.51. The van der Waals surface area contributed by atoms with Crippen LogP contribution in [0.1, 0.15) is 24.1 Å². The van der Waals surface area contributed by atoms with E-state index in [1.165, 1.54) is 5.56 Å². The van der Waals surface area contributed by atoms with Crippen molar-refractivity contribution >= 4 is 17.5 Å². The predicted octanol–water partition coefficient (Wildman–Crippen LogP) is 2.16. The van der Waals surface area contributed by atoms with Crippen molar-refractivity contribution in [2.45, 2.75) is 31.8 Å². The molecular weight excluding hydrogens is 402 g/mol. The number of piperidine rings is 1. The zero-order valence-electron chi connectivity index (χ0n) is 19.3. The second-order valence-corrected chi connectivity index (χ2v) is 9.12. The van der Waals surface area contributed by atoms with Gasteiger partial charge in [0.1, 0.15) is 5.54 Å². The number of carbonyl (C=O) groups excluding carboxylic acids is 2. The molecule has 2 aliphatic heterocycles. The maximum atomic E-state index is 14.0. The SMILES string of the molecule is Cc1ccc(N2CCN(Cc3ccccc3)C3(CCN(CC(=O)N(C)C)CC3)C2=O)cn1. The van der Waals surface area contributed by atoms with E-state index in [1.54, 1.807) is 25.2 Å². The number of nitrogens with zero attached hydrogens (tertiary/aromatic N) is 5. The Morgan fingerprint density at radius 2 is 1.75 bits per heavy atom. The Labute approximate surface area is 190 Å². The molecule has 0 bridgehead atoms. The van der Waals surface area contributed by atoms with Crippen LogP contribution in [0.3, 0.4) is 0 Å². The predicted molar refractivity (Wildman–Crippen MR) is 125 cm³/mol. The molecule has 2 saturated heterocycles. The Hall–Kier alpha value is -2.77. The quantitative estimate of drug-likeness (QED) is 0.720. The third kappa shape index (κ3) is 4.54. The number of amides is 2. The van der Waals surface area contributed by atoms with Gasteiger partial charge >= 0.3 is 0 Å². The van der Waals surface area contributed by atoms with Gasteiger partial charge < -0.3 is 9.80 Å². The summed E-state index contributed by atoms with van der Waals surface area (Å²) in [6.07, 6.45) is 3.24. The van der Waals surface area contributed by atoms with Crippen molar-refractivity contribution in [2.75, 3.05) is 51.7 Å². The zero-order valence-corrected chi connectivity index (χ0v) is 19.3. The smallest absolute Gasteiger partial charge is 0.247 e. The Morgan fingerprint density at radius 3 is 2.38 bits per heavy atom. The molecule has 2 aromatic rings. The van der Waals surface area contributed by atoms with Crippen molar-refractivity contribution in [1.29, 1.82) is 0 Å². The van der Waals surface area contributed by atoms with Gasteiger partial charge in [0.05, 0.1) is 18.4 Å². The summed E-state index contributed by atoms with van der Waals surface area (Å²) in [6, 6.07) is 14.3. The zero-order chi connectivity index (χ0) is 22.7. The van der Waals surface area contributed by atoms with Gasteiger partial charge in [-0.25, -0.2) is 0 Å². The molecule has 4 rings (SSSR count). The number of likely N-dealkylation sites (N-methyl/N-ethyl adjacent to an activating group) is 1. The Bertz CT molecular complexity index is 937. The molecule has 1 aromatic carbocycles. The molecule has 32 heavy (non-hydrogen) atoms. The van der Waals surface area contributed by atoms with Crippen LogP contribution in [0, 0.1) is 6.92 Å². The highest BCUT2D eigenvalue weighted by Crippen LogP contribution is 2.36. The van der Waals surface area contributed by atoms with Gasteiger partial charge in [-0.1, -0.05) is 30.3 Å². The lowest BCUT2D eigenvalue weighted by Gasteiger charge is -2.52. The Morgan fingerprint density at radius 1 is 1.03 bits per heavy atom. The number of likely N-dealkylation sites (tertiary alicyclic amines) is 1. The van der Waals surface area contributed by atoms with Crippen LogP contribution >= 0.6 is 0 Å². The average Bonchev–Trinajstić information content (AvgIpc) is 2.80. The molecule has 3 heterocycles. The largest absolute Gasteiger partial charge is 0.348 e. The van der Waals surface area contributed by atoms with E-state index in [0.717, 1.165) is 50.4 Å². The Balaban J connectivity index is 1.57. The molecule has 1 aromatic heterocycles. The number of rotatable bonds is 5. The second-order valence-electron chi connectivity index (χ2n) is 9.12. The number of pyridine rings is 1. The van der Waals surface area contributed by atoms with E-state index >= 15 is 0 Å². The average molecular weight is 436 g/mol. The van der Waals surface area contributed by atoms with Crippen LogP contribution in [0.4, 0.5) is 5.69 Å². The highest BCUT2D eigenvalue weighted by atomic mass is 16.2. The van der Waals surface area contributed by atoms with Crippen molar-refractivity contribution in [1.82, 2.24) is 19.7 Å². The van der Waals surface area contributed by atoms with E-state index in [9.17, 15) is 9.59 Å². The lowest BCUT2D eigenvalue weighted by atomic mass is 9.81. The summed E-state index contributed by atoms with van der Waals surface area (Å²) in [4.78, 5) is 38.7. The molecule has 170 valence electrons. The topological polar surface area (TPSA) is 60.0 Å². The first-order chi connectivity index (χ1) is 15.4. The summed E-state index contributed by atoms with van der Waals surface area (Å²) in [5.74, 6) is 0.258. The fourth-order valence-electron chi connectivity index (χ4n) is 4.77. The molecule has 2 aliphatic rings. The van der Waals surface area contributed by atoms with Gasteiger partial charge in [0.15, 0.2) is 0 Å². The maximum Gasteiger partial charge on any atom is 0.247 e. The molecule has 7 heteroatoms. The standard InChI is InChI=1S/C25H33N5O2/c1-20-9-10-22(17-26-20)30-16-15-29(18-21-7-5-4-6-8-21)25(24(30)32)11-13-28(14-12-25)19-23(31)27(2)3/h4-10,17H,11-16,18-19H2,1-3H3. The van der Waals surface area contributed by atoms with Gasteiger partial charge in [0.25, 0.3) is 0 Å². The summed E-state index contributed by atoms with van der Waals surface area (Å²) >= 11 is 0. The van der Waals surface area contributed by atoms with Crippen LogP contribution in [0.15, 0.2) is 48.7 Å². The van der Waals surface area contributed by atoms with Gasteiger partial charge in [0.2, 0.25) is 11.8 Å². The number of anilines is 1. The van der Waals surface area contributed by atoms with Crippen LogP contribution < -0.4 is 4.90 Å². The van der Waals surface area contributed by atoms with Crippen LogP contribution in [0.25, 0.3) is 0 Å². The van der Waals surface area contributed by atoms with E-state index in [4.69, 9.17) is 0 Å². The maximum absolute atomic E-state index is 14.0. The van der Waals surface area contributed by atoms with Gasteiger partial charge in [-0.05, 0) is 37.5 Å². The lowest BCUT2D eigenvalue weighted by Crippen LogP contribution is -2.69. The van der Waals surface area contributed by atoms with Crippen molar-refractivity contribution in [3.05, 3.63) is 59.9 Å². The summed E-state index contributed by atoms with van der Waals surface area (Å²) in [6.45, 7) is 6.04. The molecule has 7 nitrogen and oxygen atoms in total. The first-order valence-electron chi connectivity index (χ1n) is 11.4. The van der Waals surface area contributed by atoms with E-state index < -0.39 is 5.54 Å². The molecule has 0 aliphatic carbocycles. The second kappa shape index (κ2) is 9.38. The molecule has 0 N–H and O–H groups in total.